The van der Waals surface area contributed by atoms with E-state index in [1.54, 1.807) is 0 Å². The molecule has 1 aliphatic heterocycles. The molecule has 1 saturated carbocycles. The van der Waals surface area contributed by atoms with Crippen molar-refractivity contribution in [3.05, 3.63) is 24.8 Å². The van der Waals surface area contributed by atoms with Crippen molar-refractivity contribution in [1.82, 2.24) is 30.2 Å². The number of aromatic nitrogens is 4. The molecule has 68 heavy (non-hydrogen) atoms. The first-order valence-electron chi connectivity index (χ1n) is 22.2. The zero-order chi connectivity index (χ0) is 50.3. The molecule has 10 N–H and O–H groups in total. The number of imidazole rings is 1. The maximum absolute atomic E-state index is 12.7. The molecule has 3 heterocycles. The van der Waals surface area contributed by atoms with Gasteiger partial charge < -0.3 is 50.9 Å². The number of Topliss-reactive ketones (excluding diaryl/α,β-unsaturated/α-hetero) is 1. The number of allylic oxidation sites excluding steroid dienone is 2. The van der Waals surface area contributed by atoms with Crippen molar-refractivity contribution < 1.29 is 85.3 Å². The van der Waals surface area contributed by atoms with E-state index in [1.165, 1.54) is 13.8 Å². The number of nitrogens with one attached hydrogen (secondary N) is 2. The van der Waals surface area contributed by atoms with Crippen molar-refractivity contribution in [2.24, 2.45) is 17.3 Å². The minimum Gasteiger partial charge on any atom is -0.386 e. The lowest BCUT2D eigenvalue weighted by Gasteiger charge is -2.30. The van der Waals surface area contributed by atoms with Crippen LogP contribution >= 0.6 is 35.2 Å². The standard InChI is InChI=1S/C39H64N7O18P3S/c1-4-5-9-13-26-25(15-16-27(26)47)12-10-7-6-8-11-14-30(49)68-20-19-41-29(48)17-18-42-37(52)34(51)39(2,3)22-61-67(58,59)64-66(56,57)60-21-28-33(63-65(53,54)55)32(50)38(62-28)46-24-45-31-35(40)43-23-44-36(31)46/h5,9,23-26,28,32-34,38,50-51H,4,6-8,10-22H2,1-3H3,(H,41,48)(H,42,52)(H,56,57)(H,58,59)(H2,40,43,44)(H2,53,54,55). The van der Waals surface area contributed by atoms with Gasteiger partial charge in [-0.25, -0.2) is 28.6 Å². The summed E-state index contributed by atoms with van der Waals surface area (Å²) in [5.74, 6) is -0.0584. The average Bonchev–Trinajstić information content (AvgIpc) is 3.94. The summed E-state index contributed by atoms with van der Waals surface area (Å²) in [6, 6.07) is 0. The van der Waals surface area contributed by atoms with Crippen LogP contribution in [0, 0.1) is 17.3 Å². The normalized spacial score (nSPS) is 23.5. The first-order chi connectivity index (χ1) is 31.9. The number of hydrogen-bond donors (Lipinski definition) is 9. The molecule has 9 unspecified atom stereocenters. The third-order valence-electron chi connectivity index (χ3n) is 11.3. The van der Waals surface area contributed by atoms with E-state index in [2.05, 4.69) is 53.5 Å². The number of nitrogen functional groups attached to an aromatic ring is 1. The number of carbonyl (C=O) groups is 4. The molecule has 25 nitrogen and oxygen atoms in total. The van der Waals surface area contributed by atoms with Crippen molar-refractivity contribution in [3.63, 3.8) is 0 Å². The first kappa shape index (κ1) is 57.5. The number of hydrogen-bond acceptors (Lipinski definition) is 19. The quantitative estimate of drug-likeness (QED) is 0.0308. The van der Waals surface area contributed by atoms with Gasteiger partial charge in [0.25, 0.3) is 0 Å². The van der Waals surface area contributed by atoms with Crippen molar-refractivity contribution in [2.45, 2.75) is 128 Å². The molecule has 1 saturated heterocycles. The highest BCUT2D eigenvalue weighted by Gasteiger charge is 2.50. The van der Waals surface area contributed by atoms with Gasteiger partial charge in [-0.1, -0.05) is 70.4 Å². The Morgan fingerprint density at radius 2 is 1.71 bits per heavy atom. The number of nitrogens with zero attached hydrogens (tertiary/aromatic N) is 4. The number of rotatable bonds is 30. The number of ketones is 1. The van der Waals surface area contributed by atoms with E-state index in [9.17, 15) is 62.7 Å². The minimum absolute atomic E-state index is 0.0291. The number of aliphatic hydroxyl groups is 2. The monoisotopic (exact) mass is 1040 g/mol. The summed E-state index contributed by atoms with van der Waals surface area (Å²) < 4.78 is 62.4. The second kappa shape index (κ2) is 26.4. The maximum Gasteiger partial charge on any atom is 0.481 e. The Labute approximate surface area is 397 Å². The Morgan fingerprint density at radius 3 is 2.43 bits per heavy atom. The summed E-state index contributed by atoms with van der Waals surface area (Å²) in [6.07, 6.45) is 7.21. The molecule has 4 rings (SSSR count). The summed E-state index contributed by atoms with van der Waals surface area (Å²) in [4.78, 5) is 101. The van der Waals surface area contributed by atoms with Gasteiger partial charge in [-0.2, -0.15) is 4.31 Å². The lowest BCUT2D eigenvalue weighted by Crippen LogP contribution is -2.46. The topological polar surface area (TPSA) is 381 Å². The summed E-state index contributed by atoms with van der Waals surface area (Å²) >= 11 is 1.13. The smallest absolute Gasteiger partial charge is 0.386 e. The highest BCUT2D eigenvalue weighted by Crippen LogP contribution is 2.61. The molecule has 2 aromatic heterocycles. The fraction of sp³-hybridized carbons (Fsp3) is 0.718. The van der Waals surface area contributed by atoms with Gasteiger partial charge in [0, 0.05) is 49.4 Å². The van der Waals surface area contributed by atoms with Crippen molar-refractivity contribution in [1.29, 1.82) is 0 Å². The fourth-order valence-electron chi connectivity index (χ4n) is 7.63. The maximum atomic E-state index is 12.7. The molecule has 1 aliphatic carbocycles. The number of phosphoric ester groups is 3. The lowest BCUT2D eigenvalue weighted by atomic mass is 9.87. The second-order valence-electron chi connectivity index (χ2n) is 17.1. The van der Waals surface area contributed by atoms with Gasteiger partial charge in [-0.3, -0.25) is 37.3 Å². The highest BCUT2D eigenvalue weighted by molar-refractivity contribution is 8.13. The Balaban J connectivity index is 1.09. The Hall–Kier alpha value is -3.03. The van der Waals surface area contributed by atoms with Crippen LogP contribution in [0.5, 0.6) is 0 Å². The SMILES string of the molecule is CCC=CCC1C(=O)CCC1CCCCCCCC(=O)SCCNC(=O)CCNC(=O)C(O)C(C)(C)COP(=O)(O)OP(=O)(O)OCC1OC(n2cnc3c(N)ncnc32)C(O)C1OP(=O)(O)O. The number of fused-ring (bicyclic) bond motifs is 1. The van der Waals surface area contributed by atoms with Crippen LogP contribution in [0.1, 0.15) is 104 Å². The number of anilines is 1. The number of amides is 2. The summed E-state index contributed by atoms with van der Waals surface area (Å²) in [5, 5.41) is 26.6. The third-order valence-corrected chi connectivity index (χ3v) is 15.3. The van der Waals surface area contributed by atoms with Gasteiger partial charge in [0.2, 0.25) is 11.8 Å². The summed E-state index contributed by atoms with van der Waals surface area (Å²) in [5.41, 5.74) is 4.27. The molecule has 0 aromatic carbocycles. The van der Waals surface area contributed by atoms with Crippen LogP contribution in [-0.4, -0.2) is 128 Å². The molecule has 0 radical (unpaired) electrons. The first-order valence-corrected chi connectivity index (χ1v) is 27.7. The molecular formula is C39H64N7O18P3S. The van der Waals surface area contributed by atoms with Crippen LogP contribution in [0.25, 0.3) is 11.2 Å². The fourth-order valence-corrected chi connectivity index (χ4v) is 11.2. The number of thioether (sulfide) groups is 1. The van der Waals surface area contributed by atoms with E-state index in [4.69, 9.17) is 19.5 Å². The largest absolute Gasteiger partial charge is 0.481 e. The van der Waals surface area contributed by atoms with Crippen LogP contribution in [-0.2, 0) is 55.5 Å². The molecular weight excluding hydrogens is 979 g/mol. The van der Waals surface area contributed by atoms with Gasteiger partial charge in [0.05, 0.1) is 19.5 Å². The molecule has 29 heteroatoms. The Kier molecular flexibility index (Phi) is 22.4. The molecule has 2 aromatic rings. The van der Waals surface area contributed by atoms with Crippen LogP contribution in [0.4, 0.5) is 5.82 Å². The number of aliphatic hydroxyl groups excluding tert-OH is 2. The zero-order valence-corrected chi connectivity index (χ0v) is 41.6. The predicted molar refractivity (Wildman–Crippen MR) is 245 cm³/mol. The highest BCUT2D eigenvalue weighted by atomic mass is 32.2. The second-order valence-corrected chi connectivity index (χ2v) is 22.5. The average molecular weight is 1040 g/mol. The van der Waals surface area contributed by atoms with Crippen LogP contribution in [0.2, 0.25) is 0 Å². The lowest BCUT2D eigenvalue weighted by molar-refractivity contribution is -0.137. The number of unbranched alkanes of at least 4 members (excludes halogenated alkanes) is 4. The van der Waals surface area contributed by atoms with Gasteiger partial charge in [0.15, 0.2) is 22.8 Å². The van der Waals surface area contributed by atoms with E-state index in [0.29, 0.717) is 30.3 Å². The van der Waals surface area contributed by atoms with E-state index in [0.717, 1.165) is 86.8 Å². The van der Waals surface area contributed by atoms with Crippen LogP contribution < -0.4 is 16.4 Å². The predicted octanol–water partition coefficient (Wildman–Crippen LogP) is 3.35. The molecule has 0 spiro atoms. The Morgan fingerprint density at radius 1 is 1.00 bits per heavy atom. The van der Waals surface area contributed by atoms with Crippen LogP contribution in [0.15, 0.2) is 24.8 Å². The van der Waals surface area contributed by atoms with Crippen molar-refractivity contribution in [3.8, 4) is 0 Å². The molecule has 2 aliphatic rings. The van der Waals surface area contributed by atoms with E-state index in [1.807, 2.05) is 0 Å². The molecule has 9 atom stereocenters. The summed E-state index contributed by atoms with van der Waals surface area (Å²) in [6.45, 7) is 2.59. The molecule has 2 amide bonds. The molecule has 0 bridgehead atoms. The number of nitrogens with two attached hydrogens (primary N) is 1. The van der Waals surface area contributed by atoms with E-state index >= 15 is 0 Å². The van der Waals surface area contributed by atoms with Gasteiger partial charge in [-0.05, 0) is 38.0 Å². The summed E-state index contributed by atoms with van der Waals surface area (Å²) in [7, 11) is -16.4. The van der Waals surface area contributed by atoms with Crippen molar-refractivity contribution in [2.75, 3.05) is 37.8 Å². The number of phosphoric acid groups is 3. The van der Waals surface area contributed by atoms with Gasteiger partial charge in [-0.15, -0.1) is 0 Å². The van der Waals surface area contributed by atoms with E-state index < -0.39 is 84.6 Å². The zero-order valence-electron chi connectivity index (χ0n) is 38.1. The molecule has 384 valence electrons. The van der Waals surface area contributed by atoms with Crippen LogP contribution in [0.3, 0.4) is 0 Å². The number of carbonyl (C=O) groups excluding carboxylic acids is 4. The van der Waals surface area contributed by atoms with Gasteiger partial charge >= 0.3 is 23.5 Å². The number of ether oxygens (including phenoxy) is 1. The van der Waals surface area contributed by atoms with Crippen molar-refractivity contribution >= 4 is 74.9 Å². The minimum atomic E-state index is -5.58. The molecule has 2 fully saturated rings. The van der Waals surface area contributed by atoms with Gasteiger partial charge in [0.1, 0.15) is 42.0 Å². The third kappa shape index (κ3) is 18.3. The van der Waals surface area contributed by atoms with E-state index in [-0.39, 0.29) is 47.5 Å². The Bertz CT molecular complexity index is 2200.